The Hall–Kier alpha value is -0.720. The molecule has 6 heteroatoms. The number of rotatable bonds is 10. The highest BCUT2D eigenvalue weighted by Crippen LogP contribution is 2.26. The molecule has 0 spiro atoms. The molecule has 128 valence electrons. The van der Waals surface area contributed by atoms with E-state index in [0.717, 1.165) is 48.1 Å². The summed E-state index contributed by atoms with van der Waals surface area (Å²) in [5.74, 6) is 1.17. The number of anilines is 1. The van der Waals surface area contributed by atoms with Crippen molar-refractivity contribution >= 4 is 49.7 Å². The second-order valence-corrected chi connectivity index (χ2v) is 8.12. The minimum atomic E-state index is 0.0981. The maximum Gasteiger partial charge on any atom is 0.224 e. The van der Waals surface area contributed by atoms with Crippen molar-refractivity contribution in [1.29, 1.82) is 0 Å². The highest BCUT2D eigenvalue weighted by molar-refractivity contribution is 8.83. The van der Waals surface area contributed by atoms with Crippen LogP contribution in [0.3, 0.4) is 0 Å². The number of thiocarbonyl (C=S) groups is 1. The van der Waals surface area contributed by atoms with E-state index in [1.54, 1.807) is 10.8 Å². The molecule has 1 rings (SSSR count). The second kappa shape index (κ2) is 12.7. The molecular weight excluding hydrogens is 344 g/mol. The van der Waals surface area contributed by atoms with E-state index in [1.165, 1.54) is 0 Å². The number of nitrogens with one attached hydrogen (secondary N) is 1. The third-order valence-electron chi connectivity index (χ3n) is 3.34. The van der Waals surface area contributed by atoms with Crippen molar-refractivity contribution in [2.45, 2.75) is 39.5 Å². The summed E-state index contributed by atoms with van der Waals surface area (Å²) < 4.78 is 0.974. The Kier molecular flexibility index (Phi) is 11.2. The van der Waals surface area contributed by atoms with Crippen molar-refractivity contribution in [3.8, 4) is 0 Å². The van der Waals surface area contributed by atoms with Crippen molar-refractivity contribution in [3.05, 3.63) is 30.3 Å². The molecule has 0 saturated carbocycles. The third kappa shape index (κ3) is 9.23. The number of benzene rings is 1. The average molecular weight is 371 g/mol. The molecule has 0 fully saturated rings. The van der Waals surface area contributed by atoms with Gasteiger partial charge < -0.3 is 10.2 Å². The van der Waals surface area contributed by atoms with Gasteiger partial charge in [0.2, 0.25) is 5.91 Å². The predicted molar refractivity (Wildman–Crippen MR) is 109 cm³/mol. The van der Waals surface area contributed by atoms with Gasteiger partial charge in [0.05, 0.1) is 0 Å². The summed E-state index contributed by atoms with van der Waals surface area (Å²) in [6, 6.07) is 9.60. The summed E-state index contributed by atoms with van der Waals surface area (Å²) in [4.78, 5) is 14.0. The van der Waals surface area contributed by atoms with Gasteiger partial charge in [-0.1, -0.05) is 47.6 Å². The standard InChI is InChI=1S/C17H26N2OS3/c1-3-19(4-2)17(21)23-22-14-10-6-9-13-16(20)18-15-11-7-5-8-12-15/h5,7-8,11-12H,3-4,6,9-10,13-14H2,1-2H3,(H,18,20). The fourth-order valence-electron chi connectivity index (χ4n) is 1.99. The number of hydrogen-bond acceptors (Lipinski definition) is 4. The molecule has 1 N–H and O–H groups in total. The quantitative estimate of drug-likeness (QED) is 0.348. The van der Waals surface area contributed by atoms with Crippen molar-refractivity contribution in [2.75, 3.05) is 24.2 Å². The monoisotopic (exact) mass is 370 g/mol. The molecule has 0 aliphatic rings. The lowest BCUT2D eigenvalue weighted by Crippen LogP contribution is -2.26. The molecule has 1 aromatic carbocycles. The summed E-state index contributed by atoms with van der Waals surface area (Å²) in [5, 5.41) is 2.91. The Morgan fingerprint density at radius 1 is 1.13 bits per heavy atom. The van der Waals surface area contributed by atoms with E-state index in [1.807, 2.05) is 41.1 Å². The topological polar surface area (TPSA) is 32.3 Å². The van der Waals surface area contributed by atoms with Gasteiger partial charge in [-0.25, -0.2) is 0 Å². The SMILES string of the molecule is CCN(CC)C(=S)SSCCCCCC(=O)Nc1ccccc1. The predicted octanol–water partition coefficient (Wildman–Crippen LogP) is 5.19. The van der Waals surface area contributed by atoms with Gasteiger partial charge in [0, 0.05) is 31.0 Å². The van der Waals surface area contributed by atoms with E-state index < -0.39 is 0 Å². The normalized spacial score (nSPS) is 10.3. The highest BCUT2D eigenvalue weighted by Gasteiger charge is 2.06. The van der Waals surface area contributed by atoms with E-state index in [9.17, 15) is 4.79 Å². The molecule has 0 radical (unpaired) electrons. The summed E-state index contributed by atoms with van der Waals surface area (Å²) >= 11 is 5.39. The molecule has 3 nitrogen and oxygen atoms in total. The van der Waals surface area contributed by atoms with Gasteiger partial charge in [0.1, 0.15) is 4.32 Å². The summed E-state index contributed by atoms with van der Waals surface area (Å²) in [7, 11) is 3.51. The lowest BCUT2D eigenvalue weighted by molar-refractivity contribution is -0.116. The fraction of sp³-hybridized carbons (Fsp3) is 0.529. The van der Waals surface area contributed by atoms with Crippen LogP contribution >= 0.6 is 33.8 Å². The smallest absolute Gasteiger partial charge is 0.224 e. The number of hydrogen-bond donors (Lipinski definition) is 1. The van der Waals surface area contributed by atoms with Crippen LogP contribution in [0.4, 0.5) is 5.69 Å². The average Bonchev–Trinajstić information content (AvgIpc) is 2.56. The first kappa shape index (κ1) is 20.3. The van der Waals surface area contributed by atoms with Gasteiger partial charge in [-0.2, -0.15) is 0 Å². The van der Waals surface area contributed by atoms with E-state index in [2.05, 4.69) is 24.1 Å². The molecule has 1 amide bonds. The molecule has 0 atom stereocenters. The number of nitrogens with zero attached hydrogens (tertiary/aromatic N) is 1. The van der Waals surface area contributed by atoms with Crippen LogP contribution in [0.25, 0.3) is 0 Å². The Balaban J connectivity index is 2.01. The maximum atomic E-state index is 11.8. The Labute approximate surface area is 153 Å². The number of carbonyl (C=O) groups is 1. The first-order valence-corrected chi connectivity index (χ1v) is 10.8. The van der Waals surface area contributed by atoms with Crippen molar-refractivity contribution in [1.82, 2.24) is 4.90 Å². The number of amides is 1. The van der Waals surface area contributed by atoms with E-state index in [-0.39, 0.29) is 5.91 Å². The van der Waals surface area contributed by atoms with Crippen LogP contribution < -0.4 is 5.32 Å². The lowest BCUT2D eigenvalue weighted by atomic mass is 10.2. The number of para-hydroxylation sites is 1. The van der Waals surface area contributed by atoms with Crippen LogP contribution in [0.5, 0.6) is 0 Å². The Morgan fingerprint density at radius 3 is 2.48 bits per heavy atom. The molecule has 1 aromatic rings. The highest BCUT2D eigenvalue weighted by atomic mass is 33.1. The minimum absolute atomic E-state index is 0.0981. The van der Waals surface area contributed by atoms with Crippen molar-refractivity contribution < 1.29 is 4.79 Å². The molecule has 0 aromatic heterocycles. The maximum absolute atomic E-state index is 11.8. The molecule has 0 aliphatic carbocycles. The fourth-order valence-corrected chi connectivity index (χ4v) is 4.78. The second-order valence-electron chi connectivity index (χ2n) is 5.07. The van der Waals surface area contributed by atoms with Crippen molar-refractivity contribution in [3.63, 3.8) is 0 Å². The molecule has 0 heterocycles. The van der Waals surface area contributed by atoms with Crippen LogP contribution in [0, 0.1) is 0 Å². The van der Waals surface area contributed by atoms with Gasteiger partial charge >= 0.3 is 0 Å². The van der Waals surface area contributed by atoms with Crippen LogP contribution in [0.1, 0.15) is 39.5 Å². The van der Waals surface area contributed by atoms with Crippen LogP contribution in [-0.2, 0) is 4.79 Å². The van der Waals surface area contributed by atoms with Crippen LogP contribution in [0.2, 0.25) is 0 Å². The molecule has 0 bridgehead atoms. The van der Waals surface area contributed by atoms with Gasteiger partial charge in [0.15, 0.2) is 0 Å². The molecule has 0 unspecified atom stereocenters. The molecule has 23 heavy (non-hydrogen) atoms. The van der Waals surface area contributed by atoms with E-state index in [0.29, 0.717) is 6.42 Å². The number of carbonyl (C=O) groups excluding carboxylic acids is 1. The first-order chi connectivity index (χ1) is 11.2. The summed E-state index contributed by atoms with van der Waals surface area (Å²) in [6.07, 6.45) is 3.72. The Morgan fingerprint density at radius 2 is 1.83 bits per heavy atom. The summed E-state index contributed by atoms with van der Waals surface area (Å²) in [6.45, 7) is 6.20. The minimum Gasteiger partial charge on any atom is -0.357 e. The zero-order valence-electron chi connectivity index (χ0n) is 13.9. The van der Waals surface area contributed by atoms with Crippen LogP contribution in [0.15, 0.2) is 30.3 Å². The lowest BCUT2D eigenvalue weighted by Gasteiger charge is -2.20. The zero-order chi connectivity index (χ0) is 16.9. The largest absolute Gasteiger partial charge is 0.357 e. The van der Waals surface area contributed by atoms with E-state index >= 15 is 0 Å². The summed E-state index contributed by atoms with van der Waals surface area (Å²) in [5.41, 5.74) is 0.870. The van der Waals surface area contributed by atoms with Gasteiger partial charge in [-0.05, 0) is 49.6 Å². The first-order valence-electron chi connectivity index (χ1n) is 8.10. The van der Waals surface area contributed by atoms with Gasteiger partial charge in [-0.15, -0.1) is 0 Å². The van der Waals surface area contributed by atoms with Gasteiger partial charge in [0.25, 0.3) is 0 Å². The van der Waals surface area contributed by atoms with E-state index in [4.69, 9.17) is 12.2 Å². The zero-order valence-corrected chi connectivity index (χ0v) is 16.4. The number of unbranched alkanes of at least 4 members (excludes halogenated alkanes) is 2. The van der Waals surface area contributed by atoms with Crippen molar-refractivity contribution in [2.24, 2.45) is 0 Å². The molecular formula is C17H26N2OS3. The van der Waals surface area contributed by atoms with Gasteiger partial charge in [-0.3, -0.25) is 4.79 Å². The molecule has 0 aliphatic heterocycles. The van der Waals surface area contributed by atoms with Crippen LogP contribution in [-0.4, -0.2) is 34.0 Å². The molecule has 0 saturated heterocycles. The third-order valence-corrected chi connectivity index (χ3v) is 6.47. The Bertz CT molecular complexity index is 464.